The highest BCUT2D eigenvalue weighted by Gasteiger charge is 2.58. The molecule has 12 heavy (non-hydrogen) atoms. The first-order valence-corrected chi connectivity index (χ1v) is 5.41. The van der Waals surface area contributed by atoms with E-state index in [4.69, 9.17) is 0 Å². The van der Waals surface area contributed by atoms with Crippen molar-refractivity contribution < 1.29 is 5.11 Å². The molecule has 1 heteroatoms. The Hall–Kier alpha value is -0.0400. The van der Waals surface area contributed by atoms with Gasteiger partial charge in [0.15, 0.2) is 0 Å². The summed E-state index contributed by atoms with van der Waals surface area (Å²) < 4.78 is 0. The second-order valence-electron chi connectivity index (χ2n) is 5.42. The molecule has 0 saturated heterocycles. The van der Waals surface area contributed by atoms with Crippen molar-refractivity contribution in [2.75, 3.05) is 0 Å². The highest BCUT2D eigenvalue weighted by atomic mass is 16.3. The minimum Gasteiger partial charge on any atom is -0.390 e. The van der Waals surface area contributed by atoms with Gasteiger partial charge in [-0.2, -0.15) is 0 Å². The smallest absolute Gasteiger partial charge is 0.0653 e. The van der Waals surface area contributed by atoms with Crippen molar-refractivity contribution in [1.82, 2.24) is 0 Å². The van der Waals surface area contributed by atoms with Crippen LogP contribution in [-0.4, -0.2) is 10.7 Å². The van der Waals surface area contributed by atoms with Crippen LogP contribution in [0.25, 0.3) is 0 Å². The zero-order valence-corrected chi connectivity index (χ0v) is 7.79. The van der Waals surface area contributed by atoms with Gasteiger partial charge >= 0.3 is 0 Å². The van der Waals surface area contributed by atoms with Gasteiger partial charge in [0.1, 0.15) is 0 Å². The molecule has 3 aliphatic carbocycles. The van der Waals surface area contributed by atoms with Crippen LogP contribution in [0.15, 0.2) is 0 Å². The third-order valence-electron chi connectivity index (χ3n) is 4.78. The van der Waals surface area contributed by atoms with E-state index < -0.39 is 0 Å². The molecule has 1 N–H and O–H groups in total. The van der Waals surface area contributed by atoms with E-state index in [0.29, 0.717) is 5.92 Å². The van der Waals surface area contributed by atoms with Crippen molar-refractivity contribution in [3.8, 4) is 0 Å². The zero-order valence-electron chi connectivity index (χ0n) is 7.79. The Morgan fingerprint density at radius 2 is 2.00 bits per heavy atom. The van der Waals surface area contributed by atoms with Crippen molar-refractivity contribution in [2.24, 2.45) is 23.7 Å². The number of hydrogen-bond acceptors (Lipinski definition) is 1. The Balaban J connectivity index is 1.93. The molecule has 3 aliphatic rings. The van der Waals surface area contributed by atoms with Crippen molar-refractivity contribution in [2.45, 2.75) is 44.6 Å². The molecule has 3 saturated carbocycles. The van der Waals surface area contributed by atoms with Crippen LogP contribution in [0.2, 0.25) is 0 Å². The van der Waals surface area contributed by atoms with E-state index in [1.807, 2.05) is 0 Å². The van der Waals surface area contributed by atoms with Gasteiger partial charge in [-0.25, -0.2) is 0 Å². The average Bonchev–Trinajstić information content (AvgIpc) is 2.53. The van der Waals surface area contributed by atoms with Gasteiger partial charge in [-0.3, -0.25) is 0 Å². The Morgan fingerprint density at radius 3 is 2.83 bits per heavy atom. The number of aliphatic hydroxyl groups is 1. The van der Waals surface area contributed by atoms with Crippen LogP contribution < -0.4 is 0 Å². The van der Waals surface area contributed by atoms with Crippen molar-refractivity contribution in [3.05, 3.63) is 0 Å². The second kappa shape index (κ2) is 2.06. The fraction of sp³-hybridized carbons (Fsp3) is 1.00. The van der Waals surface area contributed by atoms with E-state index in [0.717, 1.165) is 24.2 Å². The quantitative estimate of drug-likeness (QED) is 0.585. The summed E-state index contributed by atoms with van der Waals surface area (Å²) in [5.74, 6) is 3.46. The summed E-state index contributed by atoms with van der Waals surface area (Å²) in [6.45, 7) is 2.06. The normalized spacial score (nSPS) is 62.5. The van der Waals surface area contributed by atoms with Crippen molar-refractivity contribution >= 4 is 0 Å². The first-order chi connectivity index (χ1) is 5.68. The third-order valence-corrected chi connectivity index (χ3v) is 4.78. The topological polar surface area (TPSA) is 20.2 Å². The number of hydrogen-bond donors (Lipinski definition) is 1. The van der Waals surface area contributed by atoms with Crippen LogP contribution in [0, 0.1) is 23.7 Å². The van der Waals surface area contributed by atoms with Gasteiger partial charge in [-0.15, -0.1) is 0 Å². The van der Waals surface area contributed by atoms with Crippen LogP contribution in [0.3, 0.4) is 0 Å². The summed E-state index contributed by atoms with van der Waals surface area (Å²) in [4.78, 5) is 0. The van der Waals surface area contributed by atoms with Crippen molar-refractivity contribution in [3.63, 3.8) is 0 Å². The Morgan fingerprint density at radius 1 is 1.25 bits per heavy atom. The standard InChI is InChI=1S/C11H18O/c1-11(12)6-7-5-10(11)9-4-2-3-8(7)9/h7-10,12H,2-6H2,1H3. The van der Waals surface area contributed by atoms with Crippen molar-refractivity contribution in [1.29, 1.82) is 0 Å². The highest BCUT2D eigenvalue weighted by molar-refractivity contribution is 5.08. The summed E-state index contributed by atoms with van der Waals surface area (Å²) in [6.07, 6.45) is 6.73. The molecular weight excluding hydrogens is 148 g/mol. The fourth-order valence-electron chi connectivity index (χ4n) is 4.41. The molecule has 3 rings (SSSR count). The molecule has 0 heterocycles. The monoisotopic (exact) mass is 166 g/mol. The van der Waals surface area contributed by atoms with E-state index in [1.54, 1.807) is 0 Å². The SMILES string of the molecule is CC1(O)CC2CC1C1CCCC21. The molecule has 0 aromatic rings. The minimum atomic E-state index is -0.295. The van der Waals surface area contributed by atoms with E-state index >= 15 is 0 Å². The maximum atomic E-state index is 10.1. The Labute approximate surface area is 74.2 Å². The predicted octanol–water partition coefficient (Wildman–Crippen LogP) is 2.19. The molecule has 3 fully saturated rings. The number of fused-ring (bicyclic) bond motifs is 5. The van der Waals surface area contributed by atoms with Crippen LogP contribution >= 0.6 is 0 Å². The molecule has 68 valence electrons. The maximum Gasteiger partial charge on any atom is 0.0653 e. The van der Waals surface area contributed by atoms with Crippen LogP contribution in [0.5, 0.6) is 0 Å². The van der Waals surface area contributed by atoms with Gasteiger partial charge < -0.3 is 5.11 Å². The second-order valence-corrected chi connectivity index (χ2v) is 5.42. The number of rotatable bonds is 0. The first kappa shape index (κ1) is 7.37. The zero-order chi connectivity index (χ0) is 8.34. The molecule has 0 spiro atoms. The highest BCUT2D eigenvalue weighted by Crippen LogP contribution is 2.62. The van der Waals surface area contributed by atoms with Gasteiger partial charge in [0.25, 0.3) is 0 Å². The van der Waals surface area contributed by atoms with Gasteiger partial charge in [0.2, 0.25) is 0 Å². The lowest BCUT2D eigenvalue weighted by atomic mass is 9.74. The lowest BCUT2D eigenvalue weighted by Crippen LogP contribution is -2.38. The van der Waals surface area contributed by atoms with Gasteiger partial charge in [0.05, 0.1) is 5.60 Å². The molecular formula is C11H18O. The fourth-order valence-corrected chi connectivity index (χ4v) is 4.41. The molecule has 5 unspecified atom stereocenters. The summed E-state index contributed by atoms with van der Waals surface area (Å²) in [6, 6.07) is 0. The molecule has 0 amide bonds. The average molecular weight is 166 g/mol. The minimum absolute atomic E-state index is 0.295. The molecule has 0 radical (unpaired) electrons. The lowest BCUT2D eigenvalue weighted by molar-refractivity contribution is -0.0295. The summed E-state index contributed by atoms with van der Waals surface area (Å²) in [7, 11) is 0. The van der Waals surface area contributed by atoms with E-state index in [1.165, 1.54) is 25.7 Å². The van der Waals surface area contributed by atoms with Gasteiger partial charge in [-0.1, -0.05) is 6.42 Å². The molecule has 0 aromatic carbocycles. The van der Waals surface area contributed by atoms with Gasteiger partial charge in [0, 0.05) is 0 Å². The molecule has 2 bridgehead atoms. The molecule has 0 aliphatic heterocycles. The summed E-state index contributed by atoms with van der Waals surface area (Å²) >= 11 is 0. The maximum absolute atomic E-state index is 10.1. The van der Waals surface area contributed by atoms with Crippen LogP contribution in [0.1, 0.15) is 39.0 Å². The van der Waals surface area contributed by atoms with E-state index in [-0.39, 0.29) is 5.60 Å². The van der Waals surface area contributed by atoms with Gasteiger partial charge in [-0.05, 0) is 56.3 Å². The predicted molar refractivity (Wildman–Crippen MR) is 47.7 cm³/mol. The Kier molecular flexibility index (Phi) is 1.27. The largest absolute Gasteiger partial charge is 0.390 e. The lowest BCUT2D eigenvalue weighted by Gasteiger charge is -2.36. The van der Waals surface area contributed by atoms with Crippen LogP contribution in [-0.2, 0) is 0 Å². The molecule has 1 nitrogen and oxygen atoms in total. The van der Waals surface area contributed by atoms with Crippen LogP contribution in [0.4, 0.5) is 0 Å². The molecule has 0 aromatic heterocycles. The van der Waals surface area contributed by atoms with E-state index in [9.17, 15) is 5.11 Å². The molecule has 5 atom stereocenters. The first-order valence-electron chi connectivity index (χ1n) is 5.41. The summed E-state index contributed by atoms with van der Waals surface area (Å²) in [5, 5.41) is 10.1. The van der Waals surface area contributed by atoms with E-state index in [2.05, 4.69) is 6.92 Å². The third kappa shape index (κ3) is 0.736. The summed E-state index contributed by atoms with van der Waals surface area (Å²) in [5.41, 5.74) is -0.295. The Bertz CT molecular complexity index is 209.